The molecule has 2 N–H and O–H groups in total. The number of thiazole rings is 1. The molecule has 27 heavy (non-hydrogen) atoms. The number of nitrogens with two attached hydrogens (primary N) is 1. The first-order valence-electron chi connectivity index (χ1n) is 8.30. The number of para-hydroxylation sites is 1. The van der Waals surface area contributed by atoms with Gasteiger partial charge in [0, 0.05) is 33.9 Å². The maximum absolute atomic E-state index is 6.26. The van der Waals surface area contributed by atoms with Gasteiger partial charge in [0.15, 0.2) is 15.9 Å². The van der Waals surface area contributed by atoms with Gasteiger partial charge in [0.2, 0.25) is 0 Å². The van der Waals surface area contributed by atoms with Crippen LogP contribution in [-0.4, -0.2) is 15.5 Å². The summed E-state index contributed by atoms with van der Waals surface area (Å²) in [5, 5.41) is 4.08. The fourth-order valence-electron chi connectivity index (χ4n) is 2.60. The summed E-state index contributed by atoms with van der Waals surface area (Å²) < 4.78 is 7.16. The summed E-state index contributed by atoms with van der Waals surface area (Å²) in [6.45, 7) is 4.02. The van der Waals surface area contributed by atoms with Crippen molar-refractivity contribution in [3.8, 4) is 11.5 Å². The molecule has 8 heteroatoms. The molecular formula is C19H18N4OS3. The van der Waals surface area contributed by atoms with E-state index in [0.717, 1.165) is 26.4 Å². The number of anilines is 1. The van der Waals surface area contributed by atoms with Gasteiger partial charge in [-0.15, -0.1) is 11.3 Å². The van der Waals surface area contributed by atoms with E-state index in [1.165, 1.54) is 0 Å². The van der Waals surface area contributed by atoms with Gasteiger partial charge in [-0.1, -0.05) is 41.7 Å². The van der Waals surface area contributed by atoms with Crippen molar-refractivity contribution in [2.45, 2.75) is 28.6 Å². The van der Waals surface area contributed by atoms with E-state index in [-0.39, 0.29) is 5.50 Å². The second-order valence-electron chi connectivity index (χ2n) is 5.92. The van der Waals surface area contributed by atoms with Crippen LogP contribution in [0, 0.1) is 6.92 Å². The van der Waals surface area contributed by atoms with Gasteiger partial charge < -0.3 is 15.4 Å². The molecule has 0 saturated carbocycles. The highest BCUT2D eigenvalue weighted by Gasteiger charge is 2.27. The molecule has 0 fully saturated rings. The molecule has 3 heterocycles. The largest absolute Gasteiger partial charge is 0.453 e. The summed E-state index contributed by atoms with van der Waals surface area (Å²) in [6, 6.07) is 11.7. The second-order valence-corrected chi connectivity index (χ2v) is 9.09. The average Bonchev–Trinajstić information content (AvgIpc) is 3.22. The van der Waals surface area contributed by atoms with E-state index in [0.29, 0.717) is 11.6 Å². The Bertz CT molecular complexity index is 974. The number of thioether (sulfide) groups is 1. The van der Waals surface area contributed by atoms with Gasteiger partial charge in [-0.3, -0.25) is 0 Å². The van der Waals surface area contributed by atoms with Gasteiger partial charge in [-0.05, 0) is 31.4 Å². The molecule has 0 bridgehead atoms. The molecule has 2 aromatic heterocycles. The van der Waals surface area contributed by atoms with E-state index in [4.69, 9.17) is 10.5 Å². The number of allylic oxidation sites excluding steroid dienone is 1. The van der Waals surface area contributed by atoms with Crippen LogP contribution in [0.2, 0.25) is 0 Å². The van der Waals surface area contributed by atoms with E-state index in [2.05, 4.69) is 9.97 Å². The topological polar surface area (TPSA) is 64.3 Å². The minimum atomic E-state index is -0.212. The highest BCUT2D eigenvalue weighted by molar-refractivity contribution is 8.03. The molecule has 1 aliphatic heterocycles. The fourth-order valence-corrected chi connectivity index (χ4v) is 5.25. The molecule has 1 aliphatic rings. The van der Waals surface area contributed by atoms with Crippen molar-refractivity contribution in [3.05, 3.63) is 64.8 Å². The summed E-state index contributed by atoms with van der Waals surface area (Å²) in [6.07, 6.45) is 1.84. The van der Waals surface area contributed by atoms with E-state index in [9.17, 15) is 0 Å². The van der Waals surface area contributed by atoms with Crippen molar-refractivity contribution in [3.63, 3.8) is 0 Å². The van der Waals surface area contributed by atoms with E-state index in [1.807, 2.05) is 72.1 Å². The first-order valence-corrected chi connectivity index (χ1v) is 10.9. The Morgan fingerprint density at radius 3 is 2.70 bits per heavy atom. The van der Waals surface area contributed by atoms with Crippen molar-refractivity contribution >= 4 is 40.7 Å². The molecule has 138 valence electrons. The number of aromatic nitrogens is 2. The molecule has 0 radical (unpaired) electrons. The summed E-state index contributed by atoms with van der Waals surface area (Å²) in [5.74, 6) is 2.14. The van der Waals surface area contributed by atoms with E-state index in [1.54, 1.807) is 34.9 Å². The number of hydrogen-bond acceptors (Lipinski definition) is 8. The van der Waals surface area contributed by atoms with Gasteiger partial charge >= 0.3 is 0 Å². The Morgan fingerprint density at radius 1 is 1.22 bits per heavy atom. The third kappa shape index (κ3) is 4.14. The predicted molar refractivity (Wildman–Crippen MR) is 114 cm³/mol. The summed E-state index contributed by atoms with van der Waals surface area (Å²) in [4.78, 5) is 12.2. The average molecular weight is 415 g/mol. The first kappa shape index (κ1) is 18.4. The zero-order chi connectivity index (χ0) is 18.8. The highest BCUT2D eigenvalue weighted by Crippen LogP contribution is 2.41. The summed E-state index contributed by atoms with van der Waals surface area (Å²) >= 11 is 4.77. The molecule has 0 amide bonds. The lowest BCUT2D eigenvalue weighted by molar-refractivity contribution is 0.478. The fraction of sp³-hybridized carbons (Fsp3) is 0.158. The zero-order valence-electron chi connectivity index (χ0n) is 14.8. The van der Waals surface area contributed by atoms with Crippen LogP contribution in [0.4, 0.5) is 5.82 Å². The van der Waals surface area contributed by atoms with Gasteiger partial charge in [-0.2, -0.15) is 0 Å². The van der Waals surface area contributed by atoms with Crippen LogP contribution in [0.3, 0.4) is 0 Å². The molecule has 0 spiro atoms. The third-order valence-electron chi connectivity index (χ3n) is 3.82. The monoisotopic (exact) mass is 414 g/mol. The lowest BCUT2D eigenvalue weighted by Gasteiger charge is -2.25. The predicted octanol–water partition coefficient (Wildman–Crippen LogP) is 5.45. The first-order chi connectivity index (χ1) is 13.1. The number of ether oxygens (including phenoxy) is 1. The third-order valence-corrected chi connectivity index (χ3v) is 6.80. The molecule has 0 saturated heterocycles. The van der Waals surface area contributed by atoms with E-state index >= 15 is 0 Å². The molecule has 4 rings (SSSR count). The van der Waals surface area contributed by atoms with Crippen LogP contribution in [0.5, 0.6) is 11.5 Å². The summed E-state index contributed by atoms with van der Waals surface area (Å²) in [7, 11) is 0. The maximum atomic E-state index is 6.26. The van der Waals surface area contributed by atoms with Gasteiger partial charge in [0.25, 0.3) is 0 Å². The number of rotatable bonds is 5. The summed E-state index contributed by atoms with van der Waals surface area (Å²) in [5.41, 5.74) is 8.12. The molecule has 1 atom stereocenters. The molecule has 0 aliphatic carbocycles. The molecule has 3 aromatic rings. The minimum Gasteiger partial charge on any atom is -0.453 e. The standard InChI is InChI=1S/C19H18N4OS3/c1-12-10-26-19(22-12)27-15-8-16(24-14-6-4-3-5-7-14)17(21-9-15)23-13(2)11-25-18(23)20/h3-11,18H,20H2,1-2H3. The number of aryl methyl sites for hydroxylation is 1. The van der Waals surface area contributed by atoms with Crippen molar-refractivity contribution in [2.75, 3.05) is 4.90 Å². The Balaban J connectivity index is 1.70. The smallest absolute Gasteiger partial charge is 0.178 e. The van der Waals surface area contributed by atoms with Crippen LogP contribution in [-0.2, 0) is 0 Å². The van der Waals surface area contributed by atoms with Gasteiger partial charge in [0.05, 0.1) is 0 Å². The number of nitrogens with zero attached hydrogens (tertiary/aromatic N) is 3. The van der Waals surface area contributed by atoms with Crippen LogP contribution in [0.1, 0.15) is 12.6 Å². The molecule has 1 aromatic carbocycles. The van der Waals surface area contributed by atoms with Crippen molar-refractivity contribution < 1.29 is 4.74 Å². The Kier molecular flexibility index (Phi) is 5.40. The van der Waals surface area contributed by atoms with Crippen molar-refractivity contribution in [1.82, 2.24) is 9.97 Å². The normalized spacial score (nSPS) is 16.5. The van der Waals surface area contributed by atoms with Crippen molar-refractivity contribution in [2.24, 2.45) is 5.73 Å². The molecule has 5 nitrogen and oxygen atoms in total. The Hall–Kier alpha value is -2.00. The maximum Gasteiger partial charge on any atom is 0.178 e. The van der Waals surface area contributed by atoms with Gasteiger partial charge in [0.1, 0.15) is 11.2 Å². The Morgan fingerprint density at radius 2 is 2.04 bits per heavy atom. The molecular weight excluding hydrogens is 396 g/mol. The lowest BCUT2D eigenvalue weighted by atomic mass is 10.3. The van der Waals surface area contributed by atoms with Crippen LogP contribution < -0.4 is 15.4 Å². The molecule has 1 unspecified atom stereocenters. The highest BCUT2D eigenvalue weighted by atomic mass is 32.2. The van der Waals surface area contributed by atoms with Crippen LogP contribution >= 0.6 is 34.9 Å². The second kappa shape index (κ2) is 7.93. The van der Waals surface area contributed by atoms with Gasteiger partial charge in [-0.25, -0.2) is 9.97 Å². The van der Waals surface area contributed by atoms with E-state index < -0.39 is 0 Å². The lowest BCUT2D eigenvalue weighted by Crippen LogP contribution is -2.35. The van der Waals surface area contributed by atoms with Crippen LogP contribution in [0.25, 0.3) is 0 Å². The van der Waals surface area contributed by atoms with Crippen molar-refractivity contribution in [1.29, 1.82) is 0 Å². The zero-order valence-corrected chi connectivity index (χ0v) is 17.3. The Labute approximate surface area is 170 Å². The SMILES string of the molecule is CC1=CSC(N)N1c1ncc(Sc2nc(C)cs2)cc1Oc1ccccc1. The number of hydrogen-bond donors (Lipinski definition) is 1. The quantitative estimate of drug-likeness (QED) is 0.596. The number of benzene rings is 1. The number of pyridine rings is 1. The van der Waals surface area contributed by atoms with Crippen LogP contribution in [0.15, 0.2) is 68.3 Å². The minimum absolute atomic E-state index is 0.212.